The Bertz CT molecular complexity index is 529. The molecule has 2 atom stereocenters. The van der Waals surface area contributed by atoms with E-state index in [-0.39, 0.29) is 36.1 Å². The van der Waals surface area contributed by atoms with Crippen LogP contribution in [-0.4, -0.2) is 25.0 Å². The molecule has 1 aromatic rings. The zero-order valence-corrected chi connectivity index (χ0v) is 12.5. The van der Waals surface area contributed by atoms with Gasteiger partial charge in [-0.25, -0.2) is 4.39 Å². The highest BCUT2D eigenvalue weighted by molar-refractivity contribution is 6.31. The highest BCUT2D eigenvalue weighted by atomic mass is 35.5. The molecule has 1 N–H and O–H groups in total. The van der Waals surface area contributed by atoms with Crippen molar-refractivity contribution in [3.8, 4) is 0 Å². The van der Waals surface area contributed by atoms with Gasteiger partial charge in [-0.15, -0.1) is 0 Å². The van der Waals surface area contributed by atoms with E-state index in [1.807, 2.05) is 0 Å². The smallest absolute Gasteiger partial charge is 0.309 e. The SMILES string of the molecule is CC(=O)NCCCOC(=O)[C@H]1C[C@@H]1c1c(F)cccc1Cl. The summed E-state index contributed by atoms with van der Waals surface area (Å²) in [5.41, 5.74) is 0.402. The summed E-state index contributed by atoms with van der Waals surface area (Å²) in [7, 11) is 0. The van der Waals surface area contributed by atoms with Crippen LogP contribution in [0.5, 0.6) is 0 Å². The Morgan fingerprint density at radius 1 is 1.48 bits per heavy atom. The molecule has 1 aliphatic rings. The number of carbonyl (C=O) groups is 2. The topological polar surface area (TPSA) is 55.4 Å². The molecule has 4 nitrogen and oxygen atoms in total. The van der Waals surface area contributed by atoms with Crippen molar-refractivity contribution in [2.75, 3.05) is 13.2 Å². The summed E-state index contributed by atoms with van der Waals surface area (Å²) in [6.07, 6.45) is 1.12. The van der Waals surface area contributed by atoms with E-state index in [4.69, 9.17) is 16.3 Å². The van der Waals surface area contributed by atoms with Crippen LogP contribution in [0.25, 0.3) is 0 Å². The van der Waals surface area contributed by atoms with Gasteiger partial charge in [-0.3, -0.25) is 9.59 Å². The van der Waals surface area contributed by atoms with Crippen LogP contribution in [0.4, 0.5) is 4.39 Å². The molecule has 0 saturated heterocycles. The molecule has 0 unspecified atom stereocenters. The Kier molecular flexibility index (Phi) is 5.17. The van der Waals surface area contributed by atoms with Crippen LogP contribution in [0, 0.1) is 11.7 Å². The van der Waals surface area contributed by atoms with Crippen molar-refractivity contribution in [3.63, 3.8) is 0 Å². The van der Waals surface area contributed by atoms with Gasteiger partial charge < -0.3 is 10.1 Å². The third-order valence-corrected chi connectivity index (χ3v) is 3.73. The molecule has 0 aromatic heterocycles. The summed E-state index contributed by atoms with van der Waals surface area (Å²) in [4.78, 5) is 22.5. The van der Waals surface area contributed by atoms with Gasteiger partial charge in [0, 0.05) is 30.0 Å². The molecule has 1 aromatic carbocycles. The maximum Gasteiger partial charge on any atom is 0.309 e. The average molecular weight is 314 g/mol. The van der Waals surface area contributed by atoms with Crippen LogP contribution in [-0.2, 0) is 14.3 Å². The van der Waals surface area contributed by atoms with E-state index >= 15 is 0 Å². The fourth-order valence-corrected chi connectivity index (χ4v) is 2.56. The molecule has 1 amide bonds. The first-order valence-corrected chi connectivity index (χ1v) is 7.23. The van der Waals surface area contributed by atoms with E-state index in [1.165, 1.54) is 13.0 Å². The second-order valence-electron chi connectivity index (χ2n) is 5.09. The van der Waals surface area contributed by atoms with Gasteiger partial charge in [0.2, 0.25) is 5.91 Å². The lowest BCUT2D eigenvalue weighted by atomic mass is 10.1. The summed E-state index contributed by atoms with van der Waals surface area (Å²) in [5.74, 6) is -1.34. The highest BCUT2D eigenvalue weighted by Crippen LogP contribution is 2.51. The standard InChI is InChI=1S/C15H17ClFNO3/c1-9(19)18-6-3-7-21-15(20)11-8-10(11)14-12(16)4-2-5-13(14)17/h2,4-5,10-11H,3,6-8H2,1H3,(H,18,19)/t10-,11-/m0/s1. The van der Waals surface area contributed by atoms with Gasteiger partial charge in [0.25, 0.3) is 0 Å². The first kappa shape index (κ1) is 15.8. The minimum atomic E-state index is -0.381. The third kappa shape index (κ3) is 4.17. The molecule has 0 heterocycles. The Morgan fingerprint density at radius 3 is 2.90 bits per heavy atom. The maximum absolute atomic E-state index is 13.7. The van der Waals surface area contributed by atoms with E-state index in [2.05, 4.69) is 5.32 Å². The second kappa shape index (κ2) is 6.89. The Labute approximate surface area is 127 Å². The number of halogens is 2. The van der Waals surface area contributed by atoms with Gasteiger partial charge in [-0.2, -0.15) is 0 Å². The van der Waals surface area contributed by atoms with Gasteiger partial charge in [0.05, 0.1) is 12.5 Å². The normalized spacial score (nSPS) is 20.0. The zero-order chi connectivity index (χ0) is 15.4. The van der Waals surface area contributed by atoms with E-state index in [1.54, 1.807) is 12.1 Å². The van der Waals surface area contributed by atoms with Gasteiger partial charge in [-0.05, 0) is 25.0 Å². The number of esters is 1. The van der Waals surface area contributed by atoms with Crippen LogP contribution in [0.3, 0.4) is 0 Å². The summed E-state index contributed by atoms with van der Waals surface area (Å²) < 4.78 is 18.9. The quantitative estimate of drug-likeness (QED) is 0.649. The van der Waals surface area contributed by atoms with Gasteiger partial charge in [-0.1, -0.05) is 17.7 Å². The largest absolute Gasteiger partial charge is 0.465 e. The van der Waals surface area contributed by atoms with Crippen LogP contribution in [0.1, 0.15) is 31.2 Å². The third-order valence-electron chi connectivity index (χ3n) is 3.40. The van der Waals surface area contributed by atoms with Gasteiger partial charge in [0.15, 0.2) is 0 Å². The van der Waals surface area contributed by atoms with Crippen LogP contribution >= 0.6 is 11.6 Å². The second-order valence-corrected chi connectivity index (χ2v) is 5.50. The van der Waals surface area contributed by atoms with Gasteiger partial charge >= 0.3 is 5.97 Å². The van der Waals surface area contributed by atoms with Crippen LogP contribution in [0.15, 0.2) is 18.2 Å². The van der Waals surface area contributed by atoms with Gasteiger partial charge in [0.1, 0.15) is 5.82 Å². The number of hydrogen-bond acceptors (Lipinski definition) is 3. The number of ether oxygens (including phenoxy) is 1. The van der Waals surface area contributed by atoms with Crippen molar-refractivity contribution in [2.24, 2.45) is 5.92 Å². The maximum atomic E-state index is 13.7. The molecule has 0 aliphatic heterocycles. The first-order valence-electron chi connectivity index (χ1n) is 6.85. The molecule has 6 heteroatoms. The molecule has 1 fully saturated rings. The van der Waals surface area contributed by atoms with Crippen molar-refractivity contribution >= 4 is 23.5 Å². The van der Waals surface area contributed by atoms with Crippen LogP contribution in [0.2, 0.25) is 5.02 Å². The number of benzene rings is 1. The molecule has 114 valence electrons. The summed E-state index contributed by atoms with van der Waals surface area (Å²) in [5, 5.41) is 2.96. The lowest BCUT2D eigenvalue weighted by Gasteiger charge is -2.06. The van der Waals surface area contributed by atoms with E-state index in [0.717, 1.165) is 0 Å². The van der Waals surface area contributed by atoms with Crippen LogP contribution < -0.4 is 5.32 Å². The van der Waals surface area contributed by atoms with Crippen molar-refractivity contribution in [2.45, 2.75) is 25.7 Å². The Hall–Kier alpha value is -1.62. The highest BCUT2D eigenvalue weighted by Gasteiger charge is 2.47. The molecular weight excluding hydrogens is 297 g/mol. The predicted molar refractivity (Wildman–Crippen MR) is 76.5 cm³/mol. The summed E-state index contributed by atoms with van der Waals surface area (Å²) >= 11 is 5.98. The lowest BCUT2D eigenvalue weighted by molar-refractivity contribution is -0.145. The van der Waals surface area contributed by atoms with E-state index in [9.17, 15) is 14.0 Å². The number of carbonyl (C=O) groups excluding carboxylic acids is 2. The molecule has 0 bridgehead atoms. The van der Waals surface area contributed by atoms with Crippen molar-refractivity contribution in [3.05, 3.63) is 34.6 Å². The molecule has 0 spiro atoms. The summed E-state index contributed by atoms with van der Waals surface area (Å²) in [6.45, 7) is 2.14. The first-order chi connectivity index (χ1) is 10.0. The number of nitrogens with one attached hydrogen (secondary N) is 1. The number of hydrogen-bond donors (Lipinski definition) is 1. The minimum Gasteiger partial charge on any atom is -0.465 e. The molecule has 21 heavy (non-hydrogen) atoms. The minimum absolute atomic E-state index is 0.113. The Morgan fingerprint density at radius 2 is 2.24 bits per heavy atom. The predicted octanol–water partition coefficient (Wildman–Crippen LogP) is 2.65. The summed E-state index contributed by atoms with van der Waals surface area (Å²) in [6, 6.07) is 4.50. The Balaban J connectivity index is 1.78. The van der Waals surface area contributed by atoms with Crippen molar-refractivity contribution in [1.82, 2.24) is 5.32 Å². The average Bonchev–Trinajstić information content (AvgIpc) is 3.18. The van der Waals surface area contributed by atoms with Crippen molar-refractivity contribution in [1.29, 1.82) is 0 Å². The monoisotopic (exact) mass is 313 g/mol. The molecule has 1 aliphatic carbocycles. The van der Waals surface area contributed by atoms with E-state index in [0.29, 0.717) is 30.0 Å². The fraction of sp³-hybridized carbons (Fsp3) is 0.467. The molecule has 1 saturated carbocycles. The molecular formula is C15H17ClFNO3. The molecule has 2 rings (SSSR count). The van der Waals surface area contributed by atoms with E-state index < -0.39 is 0 Å². The zero-order valence-electron chi connectivity index (χ0n) is 11.7. The number of rotatable bonds is 6. The number of amides is 1. The lowest BCUT2D eigenvalue weighted by Crippen LogP contribution is -2.22. The fourth-order valence-electron chi connectivity index (χ4n) is 2.26. The van der Waals surface area contributed by atoms with Crippen molar-refractivity contribution < 1.29 is 18.7 Å². The molecule has 0 radical (unpaired) electrons.